The molecule has 2 saturated heterocycles. The lowest BCUT2D eigenvalue weighted by Gasteiger charge is -2.33. The molecule has 4 rings (SSSR count). The molecule has 0 aromatic heterocycles. The Morgan fingerprint density at radius 1 is 0.765 bits per heavy atom. The van der Waals surface area contributed by atoms with Crippen molar-refractivity contribution in [2.24, 2.45) is 0 Å². The number of piperidine rings is 2. The zero-order valence-electron chi connectivity index (χ0n) is 20.1. The Kier molecular flexibility index (Phi) is 7.38. The second-order valence-corrected chi connectivity index (χ2v) is 13.1. The van der Waals surface area contributed by atoms with Crippen LogP contribution in [0.15, 0.2) is 52.3 Å². The number of hydrogen-bond donors (Lipinski definition) is 0. The number of rotatable bonds is 6. The fourth-order valence-electron chi connectivity index (χ4n) is 5.01. The average Bonchev–Trinajstić information content (AvgIpc) is 2.84. The zero-order valence-corrected chi connectivity index (χ0v) is 21.7. The molecular weight excluding hydrogens is 472 g/mol. The van der Waals surface area contributed by atoms with Gasteiger partial charge in [-0.05, 0) is 69.4 Å². The fraction of sp³-hybridized carbons (Fsp3) is 0.520. The Labute approximate surface area is 203 Å². The van der Waals surface area contributed by atoms with E-state index >= 15 is 0 Å². The highest BCUT2D eigenvalue weighted by molar-refractivity contribution is 7.89. The first kappa shape index (κ1) is 25.2. The van der Waals surface area contributed by atoms with Crippen molar-refractivity contribution in [1.82, 2.24) is 8.61 Å². The highest BCUT2D eigenvalue weighted by atomic mass is 32.2. The molecule has 0 radical (unpaired) electrons. The van der Waals surface area contributed by atoms with Crippen molar-refractivity contribution < 1.29 is 21.6 Å². The van der Waals surface area contributed by atoms with E-state index in [1.54, 1.807) is 51.1 Å². The van der Waals surface area contributed by atoms with Gasteiger partial charge in [-0.15, -0.1) is 0 Å². The Hall–Kier alpha value is -1.94. The van der Waals surface area contributed by atoms with Gasteiger partial charge in [-0.25, -0.2) is 16.8 Å². The average molecular weight is 507 g/mol. The van der Waals surface area contributed by atoms with Gasteiger partial charge in [0, 0.05) is 36.8 Å². The SMILES string of the molecule is COc1ccc(-c2ccc(S(=O)(=O)N3CCCCC3C)cc2)c(S(=O)(=O)N2CCCCC2C)c1. The third-order valence-electron chi connectivity index (χ3n) is 7.03. The minimum Gasteiger partial charge on any atom is -0.497 e. The molecule has 2 aliphatic heterocycles. The molecule has 2 aromatic carbocycles. The van der Waals surface area contributed by atoms with Crippen molar-refractivity contribution in [3.05, 3.63) is 42.5 Å². The summed E-state index contributed by atoms with van der Waals surface area (Å²) in [5.74, 6) is 0.463. The van der Waals surface area contributed by atoms with Crippen molar-refractivity contribution in [3.8, 4) is 16.9 Å². The van der Waals surface area contributed by atoms with Crippen LogP contribution in [0.2, 0.25) is 0 Å². The van der Waals surface area contributed by atoms with E-state index in [1.165, 1.54) is 7.11 Å². The Bertz CT molecular complexity index is 1230. The maximum absolute atomic E-state index is 13.7. The number of methoxy groups -OCH3 is 1. The van der Waals surface area contributed by atoms with E-state index in [4.69, 9.17) is 4.74 Å². The van der Waals surface area contributed by atoms with Crippen LogP contribution in [0, 0.1) is 0 Å². The summed E-state index contributed by atoms with van der Waals surface area (Å²) < 4.78 is 62.3. The van der Waals surface area contributed by atoms with Crippen LogP contribution in [0.25, 0.3) is 11.1 Å². The number of nitrogens with zero attached hydrogens (tertiary/aromatic N) is 2. The fourth-order valence-corrected chi connectivity index (χ4v) is 8.64. The molecule has 0 N–H and O–H groups in total. The highest BCUT2D eigenvalue weighted by Gasteiger charge is 2.34. The van der Waals surface area contributed by atoms with Crippen LogP contribution < -0.4 is 4.74 Å². The lowest BCUT2D eigenvalue weighted by Crippen LogP contribution is -2.42. The van der Waals surface area contributed by atoms with E-state index in [-0.39, 0.29) is 21.9 Å². The van der Waals surface area contributed by atoms with E-state index < -0.39 is 20.0 Å². The quantitative estimate of drug-likeness (QED) is 0.576. The smallest absolute Gasteiger partial charge is 0.244 e. The molecule has 0 saturated carbocycles. The minimum atomic E-state index is -3.76. The predicted molar refractivity (Wildman–Crippen MR) is 133 cm³/mol. The summed E-state index contributed by atoms with van der Waals surface area (Å²) in [6.45, 7) is 4.91. The van der Waals surface area contributed by atoms with Crippen molar-refractivity contribution in [3.63, 3.8) is 0 Å². The Morgan fingerprint density at radius 3 is 1.85 bits per heavy atom. The van der Waals surface area contributed by atoms with Crippen LogP contribution in [0.5, 0.6) is 5.75 Å². The van der Waals surface area contributed by atoms with Gasteiger partial charge in [0.05, 0.1) is 16.9 Å². The summed E-state index contributed by atoms with van der Waals surface area (Å²) in [7, 11) is -5.85. The molecule has 9 heteroatoms. The van der Waals surface area contributed by atoms with Gasteiger partial charge < -0.3 is 4.74 Å². The largest absolute Gasteiger partial charge is 0.497 e. The molecule has 186 valence electrons. The molecule has 2 unspecified atom stereocenters. The van der Waals surface area contributed by atoms with Crippen molar-refractivity contribution in [2.75, 3.05) is 20.2 Å². The zero-order chi connectivity index (χ0) is 24.5. The molecule has 2 heterocycles. The van der Waals surface area contributed by atoms with Gasteiger partial charge in [0.2, 0.25) is 20.0 Å². The molecule has 2 fully saturated rings. The maximum atomic E-state index is 13.7. The lowest BCUT2D eigenvalue weighted by atomic mass is 10.1. The number of hydrogen-bond acceptors (Lipinski definition) is 5. The van der Waals surface area contributed by atoms with Gasteiger partial charge in [-0.1, -0.05) is 25.0 Å². The van der Waals surface area contributed by atoms with Crippen LogP contribution >= 0.6 is 0 Å². The van der Waals surface area contributed by atoms with Gasteiger partial charge in [0.15, 0.2) is 0 Å². The van der Waals surface area contributed by atoms with Gasteiger partial charge in [0.1, 0.15) is 5.75 Å². The van der Waals surface area contributed by atoms with E-state index in [2.05, 4.69) is 0 Å². The Balaban J connectivity index is 1.72. The van der Waals surface area contributed by atoms with Crippen molar-refractivity contribution in [2.45, 2.75) is 74.2 Å². The molecule has 0 bridgehead atoms. The molecule has 0 spiro atoms. The normalized spacial score (nSPS) is 23.0. The van der Waals surface area contributed by atoms with Gasteiger partial charge >= 0.3 is 0 Å². The van der Waals surface area contributed by atoms with Crippen LogP contribution in [0.1, 0.15) is 52.4 Å². The monoisotopic (exact) mass is 506 g/mol. The van der Waals surface area contributed by atoms with E-state index in [1.807, 2.05) is 13.8 Å². The third-order valence-corrected chi connectivity index (χ3v) is 11.1. The minimum absolute atomic E-state index is 0.0247. The summed E-state index contributed by atoms with van der Waals surface area (Å²) >= 11 is 0. The van der Waals surface area contributed by atoms with Crippen LogP contribution in [0.4, 0.5) is 0 Å². The topological polar surface area (TPSA) is 84.0 Å². The molecule has 2 aliphatic rings. The van der Waals surface area contributed by atoms with Crippen molar-refractivity contribution in [1.29, 1.82) is 0 Å². The number of sulfonamides is 2. The summed E-state index contributed by atoms with van der Waals surface area (Å²) in [6.07, 6.45) is 5.45. The summed E-state index contributed by atoms with van der Waals surface area (Å²) in [5.41, 5.74) is 1.19. The molecule has 7 nitrogen and oxygen atoms in total. The molecule has 2 atom stereocenters. The van der Waals surface area contributed by atoms with E-state index in [0.29, 0.717) is 30.0 Å². The first-order valence-electron chi connectivity index (χ1n) is 12.0. The standard InChI is InChI=1S/C25H34N2O5S2/c1-19-8-4-6-16-26(19)33(28,29)23-13-10-21(11-14-23)24-15-12-22(32-3)18-25(24)34(30,31)27-17-7-5-9-20(27)2/h10-15,18-20H,4-9,16-17H2,1-3H3. The lowest BCUT2D eigenvalue weighted by molar-refractivity contribution is 0.268. The molecule has 2 aromatic rings. The van der Waals surface area contributed by atoms with E-state index in [0.717, 1.165) is 38.5 Å². The van der Waals surface area contributed by atoms with Gasteiger partial charge in [-0.3, -0.25) is 0 Å². The second-order valence-electron chi connectivity index (χ2n) is 9.31. The molecular formula is C25H34N2O5S2. The molecule has 0 aliphatic carbocycles. The van der Waals surface area contributed by atoms with E-state index in [9.17, 15) is 16.8 Å². The summed E-state index contributed by atoms with van der Waals surface area (Å²) in [6, 6.07) is 11.5. The molecule has 34 heavy (non-hydrogen) atoms. The number of ether oxygens (including phenoxy) is 1. The summed E-state index contributed by atoms with van der Waals surface area (Å²) in [4.78, 5) is 0.411. The number of benzene rings is 2. The second kappa shape index (κ2) is 9.97. The molecule has 0 amide bonds. The van der Waals surface area contributed by atoms with Crippen LogP contribution in [-0.2, 0) is 20.0 Å². The maximum Gasteiger partial charge on any atom is 0.244 e. The third kappa shape index (κ3) is 4.76. The Morgan fingerprint density at radius 2 is 1.32 bits per heavy atom. The van der Waals surface area contributed by atoms with Gasteiger partial charge in [-0.2, -0.15) is 8.61 Å². The van der Waals surface area contributed by atoms with Crippen molar-refractivity contribution >= 4 is 20.0 Å². The first-order valence-corrected chi connectivity index (χ1v) is 14.9. The predicted octanol–water partition coefficient (Wildman–Crippen LogP) is 4.49. The first-order chi connectivity index (χ1) is 16.2. The van der Waals surface area contributed by atoms with Gasteiger partial charge in [0.25, 0.3) is 0 Å². The van der Waals surface area contributed by atoms with Crippen LogP contribution in [0.3, 0.4) is 0 Å². The summed E-state index contributed by atoms with van der Waals surface area (Å²) in [5, 5.41) is 0. The van der Waals surface area contributed by atoms with Crippen LogP contribution in [-0.4, -0.2) is 57.7 Å². The highest BCUT2D eigenvalue weighted by Crippen LogP contribution is 2.36.